The Morgan fingerprint density at radius 1 is 1.35 bits per heavy atom. The quantitative estimate of drug-likeness (QED) is 0.610. The van der Waals surface area contributed by atoms with Gasteiger partial charge in [-0.05, 0) is 36.6 Å². The predicted molar refractivity (Wildman–Crippen MR) is 102 cm³/mol. The minimum Gasteiger partial charge on any atom is -0.494 e. The summed E-state index contributed by atoms with van der Waals surface area (Å²) in [7, 11) is 1.48. The first-order valence-electron chi connectivity index (χ1n) is 8.29. The van der Waals surface area contributed by atoms with Gasteiger partial charge in [0.25, 0.3) is 0 Å². The van der Waals surface area contributed by atoms with Crippen molar-refractivity contribution in [3.63, 3.8) is 0 Å². The van der Waals surface area contributed by atoms with Crippen molar-refractivity contribution in [1.29, 1.82) is 0 Å². The molecule has 0 heterocycles. The first kappa shape index (κ1) is 18.7. The number of ether oxygens (including phenoxy) is 1. The van der Waals surface area contributed by atoms with Gasteiger partial charge in [-0.1, -0.05) is 40.2 Å². The number of hydrogen-bond acceptors (Lipinski definition) is 4. The molecule has 138 valence electrons. The van der Waals surface area contributed by atoms with Crippen LogP contribution >= 0.6 is 15.9 Å². The molecule has 0 bridgehead atoms. The second-order valence-corrected chi connectivity index (χ2v) is 7.22. The fraction of sp³-hybridized carbons (Fsp3) is 0.316. The summed E-state index contributed by atoms with van der Waals surface area (Å²) in [6.07, 6.45) is -0.925. The van der Waals surface area contributed by atoms with Crippen LogP contribution in [0.4, 0.5) is 10.5 Å². The van der Waals surface area contributed by atoms with Crippen LogP contribution in [0.2, 0.25) is 0 Å². The van der Waals surface area contributed by atoms with E-state index in [-0.39, 0.29) is 0 Å². The van der Waals surface area contributed by atoms with Crippen LogP contribution in [0.5, 0.6) is 5.75 Å². The molecule has 2 amide bonds. The smallest absolute Gasteiger partial charge is 0.319 e. The van der Waals surface area contributed by atoms with E-state index >= 15 is 0 Å². The zero-order valence-electron chi connectivity index (χ0n) is 14.5. The number of methoxy groups -OCH3 is 1. The Labute approximate surface area is 160 Å². The van der Waals surface area contributed by atoms with Crippen molar-refractivity contribution >= 4 is 27.6 Å². The SMILES string of the molecule is COc1c(NC(=O)N[C@@H]2Cc3ccccc3[C@@H]2O)cc(Br)cc1[C@H](C)O. The monoisotopic (exact) mass is 420 g/mol. The van der Waals surface area contributed by atoms with E-state index in [1.54, 1.807) is 19.1 Å². The average molecular weight is 421 g/mol. The third kappa shape index (κ3) is 3.70. The summed E-state index contributed by atoms with van der Waals surface area (Å²) < 4.78 is 6.07. The number of aliphatic hydroxyl groups excluding tert-OH is 2. The van der Waals surface area contributed by atoms with Crippen LogP contribution in [0.3, 0.4) is 0 Å². The average Bonchev–Trinajstić information content (AvgIpc) is 2.90. The van der Waals surface area contributed by atoms with Gasteiger partial charge >= 0.3 is 6.03 Å². The van der Waals surface area contributed by atoms with Crippen molar-refractivity contribution in [2.24, 2.45) is 0 Å². The Morgan fingerprint density at radius 3 is 2.73 bits per heavy atom. The number of aliphatic hydroxyl groups is 2. The number of benzene rings is 2. The highest BCUT2D eigenvalue weighted by atomic mass is 79.9. The summed E-state index contributed by atoms with van der Waals surface area (Å²) in [4.78, 5) is 12.5. The molecule has 1 aliphatic rings. The third-order valence-electron chi connectivity index (χ3n) is 4.50. The van der Waals surface area contributed by atoms with Gasteiger partial charge in [0.05, 0.1) is 31.0 Å². The fourth-order valence-corrected chi connectivity index (χ4v) is 3.75. The molecule has 3 atom stereocenters. The van der Waals surface area contributed by atoms with E-state index in [2.05, 4.69) is 26.6 Å². The molecular formula is C19H21BrN2O4. The number of hydrogen-bond donors (Lipinski definition) is 4. The highest BCUT2D eigenvalue weighted by Crippen LogP contribution is 2.36. The van der Waals surface area contributed by atoms with Gasteiger partial charge in [-0.3, -0.25) is 0 Å². The second kappa shape index (κ2) is 7.65. The van der Waals surface area contributed by atoms with Gasteiger partial charge in [-0.25, -0.2) is 4.79 Å². The first-order chi connectivity index (χ1) is 12.4. The van der Waals surface area contributed by atoms with E-state index in [1.807, 2.05) is 24.3 Å². The van der Waals surface area contributed by atoms with Crippen LogP contribution in [0.1, 0.15) is 35.8 Å². The van der Waals surface area contributed by atoms with Crippen molar-refractivity contribution in [1.82, 2.24) is 5.32 Å². The predicted octanol–water partition coefficient (Wildman–Crippen LogP) is 3.29. The zero-order valence-corrected chi connectivity index (χ0v) is 16.1. The summed E-state index contributed by atoms with van der Waals surface area (Å²) in [6.45, 7) is 1.63. The van der Waals surface area contributed by atoms with Gasteiger partial charge in [-0.2, -0.15) is 0 Å². The molecule has 0 aliphatic heterocycles. The molecule has 2 aromatic rings. The number of halogens is 1. The van der Waals surface area contributed by atoms with Gasteiger partial charge in [0.15, 0.2) is 0 Å². The maximum atomic E-state index is 12.5. The normalized spacial score (nSPS) is 19.6. The van der Waals surface area contributed by atoms with E-state index < -0.39 is 24.3 Å². The number of fused-ring (bicyclic) bond motifs is 1. The van der Waals surface area contributed by atoms with Crippen molar-refractivity contribution in [3.05, 3.63) is 57.6 Å². The summed E-state index contributed by atoms with van der Waals surface area (Å²) in [5, 5.41) is 25.9. The summed E-state index contributed by atoms with van der Waals surface area (Å²) in [5.74, 6) is 0.397. The molecule has 0 unspecified atom stereocenters. The van der Waals surface area contributed by atoms with Crippen LogP contribution in [-0.2, 0) is 6.42 Å². The van der Waals surface area contributed by atoms with Crippen molar-refractivity contribution in [3.8, 4) is 5.75 Å². The zero-order chi connectivity index (χ0) is 18.8. The van der Waals surface area contributed by atoms with Crippen molar-refractivity contribution < 1.29 is 19.7 Å². The number of carbonyl (C=O) groups is 1. The molecule has 2 aromatic carbocycles. The summed E-state index contributed by atoms with van der Waals surface area (Å²) in [5.41, 5.74) is 2.86. The Hall–Kier alpha value is -2.09. The van der Waals surface area contributed by atoms with E-state index in [0.29, 0.717) is 27.9 Å². The fourth-order valence-electron chi connectivity index (χ4n) is 3.28. The highest BCUT2D eigenvalue weighted by molar-refractivity contribution is 9.10. The van der Waals surface area contributed by atoms with Crippen LogP contribution < -0.4 is 15.4 Å². The molecule has 0 aromatic heterocycles. The molecule has 0 spiro atoms. The topological polar surface area (TPSA) is 90.8 Å². The third-order valence-corrected chi connectivity index (χ3v) is 4.95. The maximum absolute atomic E-state index is 12.5. The van der Waals surface area contributed by atoms with Gasteiger partial charge < -0.3 is 25.6 Å². The number of nitrogens with one attached hydrogen (secondary N) is 2. The van der Waals surface area contributed by atoms with Crippen molar-refractivity contribution in [2.75, 3.05) is 12.4 Å². The van der Waals surface area contributed by atoms with Crippen LogP contribution in [0.25, 0.3) is 0 Å². The van der Waals surface area contributed by atoms with Crippen molar-refractivity contribution in [2.45, 2.75) is 31.6 Å². The number of carbonyl (C=O) groups excluding carboxylic acids is 1. The van der Waals surface area contributed by atoms with Gasteiger partial charge in [0, 0.05) is 10.0 Å². The van der Waals surface area contributed by atoms with Gasteiger partial charge in [0.2, 0.25) is 0 Å². The van der Waals surface area contributed by atoms with E-state index in [9.17, 15) is 15.0 Å². The molecule has 0 radical (unpaired) electrons. The largest absolute Gasteiger partial charge is 0.494 e. The Balaban J connectivity index is 1.75. The molecule has 26 heavy (non-hydrogen) atoms. The molecule has 3 rings (SSSR count). The number of amides is 2. The molecule has 0 saturated heterocycles. The minimum absolute atomic E-state index is 0.397. The maximum Gasteiger partial charge on any atom is 0.319 e. The standard InChI is InChI=1S/C19H21BrN2O4/c1-10(23)14-8-12(20)9-16(18(14)26-2)22-19(25)21-15-7-11-5-3-4-6-13(11)17(15)24/h3-6,8-10,15,17,23-24H,7H2,1-2H3,(H2,21,22,25)/t10-,15+,17-/m0/s1. The Kier molecular flexibility index (Phi) is 5.50. The number of rotatable bonds is 4. The number of urea groups is 1. The molecule has 7 heteroatoms. The van der Waals surface area contributed by atoms with Gasteiger partial charge in [0.1, 0.15) is 5.75 Å². The van der Waals surface area contributed by atoms with Crippen LogP contribution in [0, 0.1) is 0 Å². The van der Waals surface area contributed by atoms with Crippen LogP contribution in [0.15, 0.2) is 40.9 Å². The van der Waals surface area contributed by atoms with Gasteiger partial charge in [-0.15, -0.1) is 0 Å². The Morgan fingerprint density at radius 2 is 2.08 bits per heavy atom. The lowest BCUT2D eigenvalue weighted by Gasteiger charge is -2.20. The summed E-state index contributed by atoms with van der Waals surface area (Å²) >= 11 is 3.37. The lowest BCUT2D eigenvalue weighted by atomic mass is 10.1. The van der Waals surface area contributed by atoms with E-state index in [1.165, 1.54) is 7.11 Å². The highest BCUT2D eigenvalue weighted by Gasteiger charge is 2.31. The summed E-state index contributed by atoms with van der Waals surface area (Å²) in [6, 6.07) is 10.2. The minimum atomic E-state index is -0.753. The molecular weight excluding hydrogens is 400 g/mol. The first-order valence-corrected chi connectivity index (χ1v) is 9.09. The molecule has 6 nitrogen and oxygen atoms in total. The lowest BCUT2D eigenvalue weighted by Crippen LogP contribution is -2.40. The van der Waals surface area contributed by atoms with Crippen LogP contribution in [-0.4, -0.2) is 29.4 Å². The molecule has 0 saturated carbocycles. The molecule has 1 aliphatic carbocycles. The Bertz CT molecular complexity index is 825. The molecule has 0 fully saturated rings. The van der Waals surface area contributed by atoms with E-state index in [4.69, 9.17) is 4.74 Å². The van der Waals surface area contributed by atoms with E-state index in [0.717, 1.165) is 11.1 Å². The second-order valence-electron chi connectivity index (χ2n) is 6.30. The number of anilines is 1. The lowest BCUT2D eigenvalue weighted by molar-refractivity contribution is 0.145. The molecule has 4 N–H and O–H groups in total.